The Morgan fingerprint density at radius 1 is 1.25 bits per heavy atom. The van der Waals surface area contributed by atoms with Gasteiger partial charge in [-0.1, -0.05) is 11.6 Å². The van der Waals surface area contributed by atoms with Gasteiger partial charge in [0, 0.05) is 30.3 Å². The molecule has 0 radical (unpaired) electrons. The number of H-pyrrole nitrogens is 1. The highest BCUT2D eigenvalue weighted by atomic mass is 35.5. The van der Waals surface area contributed by atoms with E-state index in [0.717, 1.165) is 31.4 Å². The third-order valence-electron chi connectivity index (χ3n) is 4.22. The van der Waals surface area contributed by atoms with Crippen LogP contribution in [0.3, 0.4) is 0 Å². The minimum atomic E-state index is 0.318. The van der Waals surface area contributed by atoms with E-state index >= 15 is 0 Å². The van der Waals surface area contributed by atoms with Crippen LogP contribution in [-0.4, -0.2) is 26.2 Å². The molecule has 2 aromatic heterocycles. The summed E-state index contributed by atoms with van der Waals surface area (Å²) in [4.78, 5) is 8.72. The summed E-state index contributed by atoms with van der Waals surface area (Å²) in [5.41, 5.74) is 0.963. The van der Waals surface area contributed by atoms with E-state index in [9.17, 15) is 0 Å². The number of rotatable bonds is 5. The fourth-order valence-electron chi connectivity index (χ4n) is 2.98. The number of halogens is 1. The van der Waals surface area contributed by atoms with Crippen molar-refractivity contribution >= 4 is 29.2 Å². The molecule has 1 aliphatic rings. The highest BCUT2D eigenvalue weighted by molar-refractivity contribution is 6.29. The van der Waals surface area contributed by atoms with Crippen molar-refractivity contribution in [1.82, 2.24) is 20.2 Å². The van der Waals surface area contributed by atoms with Crippen LogP contribution in [0.2, 0.25) is 5.15 Å². The number of hydrogen-bond acceptors (Lipinski definition) is 6. The summed E-state index contributed by atoms with van der Waals surface area (Å²) >= 11 is 6.11. The van der Waals surface area contributed by atoms with Gasteiger partial charge in [0.25, 0.3) is 0 Å². The maximum absolute atomic E-state index is 8.79. The van der Waals surface area contributed by atoms with Crippen molar-refractivity contribution in [2.45, 2.75) is 45.1 Å². The summed E-state index contributed by atoms with van der Waals surface area (Å²) in [6.07, 6.45) is 4.80. The molecule has 0 spiro atoms. The van der Waals surface area contributed by atoms with E-state index in [-0.39, 0.29) is 0 Å². The Labute approximate surface area is 145 Å². The van der Waals surface area contributed by atoms with E-state index in [2.05, 4.69) is 36.9 Å². The molecule has 0 bridgehead atoms. The second-order valence-corrected chi connectivity index (χ2v) is 6.57. The zero-order valence-electron chi connectivity index (χ0n) is 13.5. The maximum atomic E-state index is 8.79. The Hall–Kier alpha value is -2.33. The number of anilines is 3. The van der Waals surface area contributed by atoms with Gasteiger partial charge in [0.05, 0.1) is 6.07 Å². The first-order chi connectivity index (χ1) is 11.6. The molecular formula is C16H20ClN7. The highest BCUT2D eigenvalue weighted by Crippen LogP contribution is 2.28. The first-order valence-corrected chi connectivity index (χ1v) is 8.47. The van der Waals surface area contributed by atoms with E-state index in [4.69, 9.17) is 16.9 Å². The number of nitrogens with one attached hydrogen (secondary N) is 3. The van der Waals surface area contributed by atoms with Crippen LogP contribution in [-0.2, 0) is 0 Å². The minimum absolute atomic E-state index is 0.318. The molecule has 0 unspecified atom stereocenters. The lowest BCUT2D eigenvalue weighted by Gasteiger charge is -2.27. The second kappa shape index (κ2) is 7.49. The van der Waals surface area contributed by atoms with Crippen LogP contribution < -0.4 is 10.6 Å². The van der Waals surface area contributed by atoms with Crippen molar-refractivity contribution in [3.05, 3.63) is 23.0 Å². The number of nitriles is 1. The Kier molecular flexibility index (Phi) is 5.16. The number of nitrogens with zero attached hydrogens (tertiary/aromatic N) is 4. The van der Waals surface area contributed by atoms with Gasteiger partial charge in [-0.2, -0.15) is 15.3 Å². The van der Waals surface area contributed by atoms with E-state index in [1.807, 2.05) is 13.0 Å². The first-order valence-electron chi connectivity index (χ1n) is 8.09. The Morgan fingerprint density at radius 3 is 2.71 bits per heavy atom. The number of hydrogen-bond donors (Lipinski definition) is 3. The third kappa shape index (κ3) is 4.36. The molecule has 2 heterocycles. The van der Waals surface area contributed by atoms with Crippen molar-refractivity contribution in [3.63, 3.8) is 0 Å². The average molecular weight is 346 g/mol. The second-order valence-electron chi connectivity index (χ2n) is 6.18. The summed E-state index contributed by atoms with van der Waals surface area (Å²) in [7, 11) is 0. The molecular weight excluding hydrogens is 326 g/mol. The molecule has 126 valence electrons. The summed E-state index contributed by atoms with van der Waals surface area (Å²) in [5.74, 6) is 2.32. The van der Waals surface area contributed by atoms with E-state index in [1.54, 1.807) is 6.07 Å². The maximum Gasteiger partial charge on any atom is 0.226 e. The van der Waals surface area contributed by atoms with Crippen LogP contribution in [0.4, 0.5) is 17.6 Å². The summed E-state index contributed by atoms with van der Waals surface area (Å²) < 4.78 is 0. The van der Waals surface area contributed by atoms with Gasteiger partial charge in [-0.05, 0) is 38.5 Å². The highest BCUT2D eigenvalue weighted by Gasteiger charge is 2.21. The molecule has 1 aliphatic carbocycles. The zero-order chi connectivity index (χ0) is 16.9. The van der Waals surface area contributed by atoms with Gasteiger partial charge < -0.3 is 10.6 Å². The van der Waals surface area contributed by atoms with Gasteiger partial charge >= 0.3 is 0 Å². The van der Waals surface area contributed by atoms with Crippen LogP contribution >= 0.6 is 11.6 Å². The molecule has 3 N–H and O–H groups in total. The Balaban J connectivity index is 1.63. The van der Waals surface area contributed by atoms with E-state index in [1.165, 1.54) is 0 Å². The number of aromatic amines is 1. The van der Waals surface area contributed by atoms with Crippen molar-refractivity contribution in [2.24, 2.45) is 5.92 Å². The molecule has 1 saturated carbocycles. The molecule has 0 atom stereocenters. The minimum Gasteiger partial charge on any atom is -0.351 e. The normalized spacial score (nSPS) is 20.4. The summed E-state index contributed by atoms with van der Waals surface area (Å²) in [6.45, 7) is 1.93. The number of aryl methyl sites for hydroxylation is 1. The van der Waals surface area contributed by atoms with Gasteiger partial charge in [-0.3, -0.25) is 5.10 Å². The predicted octanol–water partition coefficient (Wildman–Crippen LogP) is 3.79. The largest absolute Gasteiger partial charge is 0.351 e. The van der Waals surface area contributed by atoms with Gasteiger partial charge in [-0.15, -0.1) is 0 Å². The molecule has 1 fully saturated rings. The van der Waals surface area contributed by atoms with Gasteiger partial charge in [-0.25, -0.2) is 4.98 Å². The molecule has 0 aliphatic heterocycles. The molecule has 7 nitrogen and oxygen atoms in total. The molecule has 24 heavy (non-hydrogen) atoms. The number of aromatic nitrogens is 4. The van der Waals surface area contributed by atoms with Crippen LogP contribution in [0.1, 0.15) is 37.8 Å². The summed E-state index contributed by atoms with van der Waals surface area (Å²) in [6, 6.07) is 6.14. The predicted molar refractivity (Wildman–Crippen MR) is 93.2 cm³/mol. The standard InChI is InChI=1S/C16H20ClN7/c1-10-8-15(24-23-10)21-14-9-13(17)20-16(22-14)19-12-4-2-11(3-5-12)6-7-18/h8-9,11-12H,2-6H2,1H3,(H3,19,20,21,22,23,24)/t11-,12-. The lowest BCUT2D eigenvalue weighted by molar-refractivity contribution is 0.342. The zero-order valence-corrected chi connectivity index (χ0v) is 14.3. The quantitative estimate of drug-likeness (QED) is 0.712. The lowest BCUT2D eigenvalue weighted by atomic mass is 9.84. The SMILES string of the molecule is Cc1cc(Nc2cc(Cl)nc(N[C@H]3CC[C@H](CC#N)CC3)n2)n[nH]1. The van der Waals surface area contributed by atoms with E-state index in [0.29, 0.717) is 41.1 Å². The van der Waals surface area contributed by atoms with Crippen LogP contribution in [0.15, 0.2) is 12.1 Å². The fourth-order valence-corrected chi connectivity index (χ4v) is 3.17. The van der Waals surface area contributed by atoms with Crippen molar-refractivity contribution < 1.29 is 0 Å². The topological polar surface area (TPSA) is 102 Å². The average Bonchev–Trinajstić information content (AvgIpc) is 2.94. The van der Waals surface area contributed by atoms with Crippen LogP contribution in [0.25, 0.3) is 0 Å². The van der Waals surface area contributed by atoms with Gasteiger partial charge in [0.15, 0.2) is 5.82 Å². The van der Waals surface area contributed by atoms with Crippen molar-refractivity contribution in [1.29, 1.82) is 5.26 Å². The van der Waals surface area contributed by atoms with Crippen LogP contribution in [0, 0.1) is 24.2 Å². The lowest BCUT2D eigenvalue weighted by Crippen LogP contribution is -2.27. The Morgan fingerprint density at radius 2 is 2.04 bits per heavy atom. The Bertz CT molecular complexity index is 728. The molecule has 3 rings (SSSR count). The molecule has 2 aromatic rings. The van der Waals surface area contributed by atoms with E-state index < -0.39 is 0 Å². The van der Waals surface area contributed by atoms with Crippen molar-refractivity contribution in [2.75, 3.05) is 10.6 Å². The fraction of sp³-hybridized carbons (Fsp3) is 0.500. The molecule has 0 amide bonds. The first kappa shape index (κ1) is 16.5. The van der Waals surface area contributed by atoms with Gasteiger partial charge in [0.2, 0.25) is 5.95 Å². The molecule has 8 heteroatoms. The van der Waals surface area contributed by atoms with Crippen LogP contribution in [0.5, 0.6) is 0 Å². The third-order valence-corrected chi connectivity index (χ3v) is 4.41. The smallest absolute Gasteiger partial charge is 0.226 e. The van der Waals surface area contributed by atoms with Crippen molar-refractivity contribution in [3.8, 4) is 6.07 Å². The monoisotopic (exact) mass is 345 g/mol. The van der Waals surface area contributed by atoms with Gasteiger partial charge in [0.1, 0.15) is 11.0 Å². The summed E-state index contributed by atoms with van der Waals surface area (Å²) in [5, 5.41) is 22.6. The molecule has 0 aromatic carbocycles. The molecule has 0 saturated heterocycles.